The summed E-state index contributed by atoms with van der Waals surface area (Å²) in [5, 5.41) is 15.9. The summed E-state index contributed by atoms with van der Waals surface area (Å²) < 4.78 is 23.2. The third kappa shape index (κ3) is 4.12. The number of carbonyl (C=O) groups is 1. The van der Waals surface area contributed by atoms with Crippen LogP contribution in [-0.2, 0) is 4.79 Å². The molecule has 2 aromatic heterocycles. The summed E-state index contributed by atoms with van der Waals surface area (Å²) in [4.78, 5) is 15.8. The molecule has 0 fully saturated rings. The molecule has 0 bridgehead atoms. The second kappa shape index (κ2) is 9.33. The number of nitriles is 1. The minimum Gasteiger partial charge on any atom is -0.493 e. The molecule has 2 heterocycles. The van der Waals surface area contributed by atoms with Gasteiger partial charge in [-0.1, -0.05) is 0 Å². The van der Waals surface area contributed by atoms with Crippen LogP contribution in [0, 0.1) is 11.3 Å². The smallest absolute Gasteiger partial charge is 0.255 e. The molecular weight excluding hydrogens is 440 g/mol. The molecule has 0 aliphatic rings. The highest BCUT2D eigenvalue weighted by molar-refractivity contribution is 5.82. The van der Waals surface area contributed by atoms with Crippen LogP contribution in [0.3, 0.4) is 0 Å². The maximum absolute atomic E-state index is 11.1. The number of benzene rings is 2. The van der Waals surface area contributed by atoms with Crippen LogP contribution in [0.4, 0.5) is 11.5 Å². The molecule has 0 saturated heterocycles. The Balaban J connectivity index is 1.81. The van der Waals surface area contributed by atoms with Gasteiger partial charge in [0.05, 0.1) is 21.3 Å². The van der Waals surface area contributed by atoms with Gasteiger partial charge in [-0.05, 0) is 30.3 Å². The SMILES string of the molecule is COc1ccc(Nc2c(-c3ccc(OCC(N)=O)c(OC)c3)nc3c(C#N)c[nH]n23)cc1OC. The summed E-state index contributed by atoms with van der Waals surface area (Å²) >= 11 is 0. The van der Waals surface area contributed by atoms with Crippen LogP contribution in [-0.4, -0.2) is 48.4 Å². The molecule has 0 saturated carbocycles. The van der Waals surface area contributed by atoms with Gasteiger partial charge in [-0.2, -0.15) is 5.26 Å². The first-order chi connectivity index (χ1) is 16.5. The summed E-state index contributed by atoms with van der Waals surface area (Å²) in [6, 6.07) is 12.7. The van der Waals surface area contributed by atoms with Gasteiger partial charge in [0, 0.05) is 23.5 Å². The number of methoxy groups -OCH3 is 3. The van der Waals surface area contributed by atoms with E-state index in [0.717, 1.165) is 0 Å². The predicted octanol–water partition coefficient (Wildman–Crippen LogP) is 2.83. The van der Waals surface area contributed by atoms with Gasteiger partial charge in [-0.15, -0.1) is 0 Å². The number of hydrogen-bond donors (Lipinski definition) is 3. The van der Waals surface area contributed by atoms with E-state index in [9.17, 15) is 10.1 Å². The molecule has 34 heavy (non-hydrogen) atoms. The maximum Gasteiger partial charge on any atom is 0.255 e. The number of primary amides is 1. The second-order valence-electron chi connectivity index (χ2n) is 7.08. The molecule has 1 amide bonds. The van der Waals surface area contributed by atoms with Gasteiger partial charge < -0.3 is 30.0 Å². The van der Waals surface area contributed by atoms with Crippen LogP contribution in [0.5, 0.6) is 23.0 Å². The van der Waals surface area contributed by atoms with Crippen molar-refractivity contribution in [1.82, 2.24) is 14.6 Å². The van der Waals surface area contributed by atoms with Crippen LogP contribution >= 0.6 is 0 Å². The molecule has 11 nitrogen and oxygen atoms in total. The number of ether oxygens (including phenoxy) is 4. The number of aromatic nitrogens is 3. The largest absolute Gasteiger partial charge is 0.493 e. The number of anilines is 2. The highest BCUT2D eigenvalue weighted by Crippen LogP contribution is 2.38. The highest BCUT2D eigenvalue weighted by Gasteiger charge is 2.20. The lowest BCUT2D eigenvalue weighted by atomic mass is 10.1. The topological polar surface area (TPSA) is 149 Å². The Bertz CT molecular complexity index is 1400. The molecule has 0 atom stereocenters. The van der Waals surface area contributed by atoms with Crippen molar-refractivity contribution in [2.75, 3.05) is 33.3 Å². The monoisotopic (exact) mass is 462 g/mol. The van der Waals surface area contributed by atoms with Crippen molar-refractivity contribution in [2.45, 2.75) is 0 Å². The zero-order chi connectivity index (χ0) is 24.2. The van der Waals surface area contributed by atoms with Crippen LogP contribution < -0.4 is 30.0 Å². The number of carbonyl (C=O) groups excluding carboxylic acids is 1. The van der Waals surface area contributed by atoms with Crippen molar-refractivity contribution in [3.8, 4) is 40.3 Å². The van der Waals surface area contributed by atoms with E-state index in [1.165, 1.54) is 7.11 Å². The van der Waals surface area contributed by atoms with E-state index in [0.29, 0.717) is 57.0 Å². The first kappa shape index (κ1) is 22.3. The fourth-order valence-corrected chi connectivity index (χ4v) is 3.45. The Morgan fingerprint density at radius 2 is 1.79 bits per heavy atom. The zero-order valence-electron chi connectivity index (χ0n) is 18.7. The van der Waals surface area contributed by atoms with Gasteiger partial charge in [0.25, 0.3) is 5.91 Å². The van der Waals surface area contributed by atoms with Crippen LogP contribution in [0.1, 0.15) is 5.56 Å². The zero-order valence-corrected chi connectivity index (χ0v) is 18.7. The van der Waals surface area contributed by atoms with E-state index in [4.69, 9.17) is 24.7 Å². The Morgan fingerprint density at radius 1 is 1.09 bits per heavy atom. The van der Waals surface area contributed by atoms with Crippen LogP contribution in [0.15, 0.2) is 42.6 Å². The molecule has 0 aliphatic heterocycles. The average molecular weight is 462 g/mol. The Hall–Kier alpha value is -4.85. The normalized spacial score (nSPS) is 10.5. The molecule has 0 unspecified atom stereocenters. The molecule has 4 aromatic rings. The van der Waals surface area contributed by atoms with Gasteiger partial charge >= 0.3 is 0 Å². The number of imidazole rings is 1. The van der Waals surface area contributed by atoms with Crippen molar-refractivity contribution in [2.24, 2.45) is 5.73 Å². The molecule has 11 heteroatoms. The Kier molecular flexibility index (Phi) is 6.13. The van der Waals surface area contributed by atoms with E-state index < -0.39 is 5.91 Å². The molecular formula is C23H22N6O5. The molecule has 0 spiro atoms. The van der Waals surface area contributed by atoms with Gasteiger partial charge in [-0.3, -0.25) is 9.89 Å². The quantitative estimate of drug-likeness (QED) is 0.344. The standard InChI is InChI=1S/C23H22N6O5/c1-31-16-7-5-15(9-19(16)33-3)27-23-21(28-22-14(10-24)11-26-29(22)23)13-4-6-17(18(8-13)32-2)34-12-20(25)30/h4-9,11,26-27H,12H2,1-3H3,(H2,25,30). The van der Waals surface area contributed by atoms with E-state index in [-0.39, 0.29) is 6.61 Å². The fourth-order valence-electron chi connectivity index (χ4n) is 3.45. The third-order valence-electron chi connectivity index (χ3n) is 5.03. The third-order valence-corrected chi connectivity index (χ3v) is 5.03. The summed E-state index contributed by atoms with van der Waals surface area (Å²) in [7, 11) is 4.61. The van der Waals surface area contributed by atoms with E-state index in [2.05, 4.69) is 21.5 Å². The van der Waals surface area contributed by atoms with Crippen molar-refractivity contribution in [3.63, 3.8) is 0 Å². The summed E-state index contributed by atoms with van der Waals surface area (Å²) in [5.74, 6) is 1.89. The highest BCUT2D eigenvalue weighted by atomic mass is 16.5. The molecule has 2 aromatic carbocycles. The van der Waals surface area contributed by atoms with Crippen molar-refractivity contribution >= 4 is 23.1 Å². The summed E-state index contributed by atoms with van der Waals surface area (Å²) in [5.41, 5.74) is 7.96. The van der Waals surface area contributed by atoms with Gasteiger partial charge in [-0.25, -0.2) is 9.50 Å². The molecule has 174 valence electrons. The van der Waals surface area contributed by atoms with E-state index in [1.807, 2.05) is 6.07 Å². The fraction of sp³-hybridized carbons (Fsp3) is 0.174. The molecule has 4 N–H and O–H groups in total. The van der Waals surface area contributed by atoms with Crippen molar-refractivity contribution in [1.29, 1.82) is 5.26 Å². The number of hydrogen-bond acceptors (Lipinski definition) is 8. The van der Waals surface area contributed by atoms with Crippen molar-refractivity contribution in [3.05, 3.63) is 48.2 Å². The van der Waals surface area contributed by atoms with Crippen LogP contribution in [0.2, 0.25) is 0 Å². The first-order valence-corrected chi connectivity index (χ1v) is 10.1. The Morgan fingerprint density at radius 3 is 2.47 bits per heavy atom. The maximum atomic E-state index is 11.1. The van der Waals surface area contributed by atoms with E-state index in [1.54, 1.807) is 55.3 Å². The van der Waals surface area contributed by atoms with E-state index >= 15 is 0 Å². The Labute approximate surface area is 194 Å². The first-order valence-electron chi connectivity index (χ1n) is 10.1. The lowest BCUT2D eigenvalue weighted by Gasteiger charge is -2.13. The average Bonchev–Trinajstić information content (AvgIpc) is 3.42. The van der Waals surface area contributed by atoms with Crippen LogP contribution in [0.25, 0.3) is 16.9 Å². The number of nitrogens with two attached hydrogens (primary N) is 1. The number of fused-ring (bicyclic) bond motifs is 1. The summed E-state index contributed by atoms with van der Waals surface area (Å²) in [6.07, 6.45) is 1.58. The number of nitrogens with zero attached hydrogens (tertiary/aromatic N) is 3. The van der Waals surface area contributed by atoms with Gasteiger partial charge in [0.15, 0.2) is 41.1 Å². The van der Waals surface area contributed by atoms with Crippen molar-refractivity contribution < 1.29 is 23.7 Å². The number of H-pyrrole nitrogens is 1. The number of amides is 1. The molecule has 0 radical (unpaired) electrons. The lowest BCUT2D eigenvalue weighted by Crippen LogP contribution is -2.20. The second-order valence-corrected chi connectivity index (χ2v) is 7.08. The molecule has 4 rings (SSSR count). The van der Waals surface area contributed by atoms with Gasteiger partial charge in [0.2, 0.25) is 0 Å². The summed E-state index contributed by atoms with van der Waals surface area (Å²) in [6.45, 7) is -0.277. The minimum atomic E-state index is -0.597. The number of aromatic amines is 1. The number of rotatable bonds is 9. The molecule has 0 aliphatic carbocycles. The number of nitrogens with one attached hydrogen (secondary N) is 2. The van der Waals surface area contributed by atoms with Gasteiger partial charge in [0.1, 0.15) is 17.3 Å². The lowest BCUT2D eigenvalue weighted by molar-refractivity contribution is -0.119. The predicted molar refractivity (Wildman–Crippen MR) is 124 cm³/mol. The minimum absolute atomic E-state index is 0.277.